The third-order valence-electron chi connectivity index (χ3n) is 2.63. The highest BCUT2D eigenvalue weighted by molar-refractivity contribution is 7.07. The van der Waals surface area contributed by atoms with E-state index in [1.54, 1.807) is 16.8 Å². The molecule has 0 aliphatic carbocycles. The second kappa shape index (κ2) is 5.33. The van der Waals surface area contributed by atoms with Gasteiger partial charge in [0.05, 0.1) is 5.51 Å². The summed E-state index contributed by atoms with van der Waals surface area (Å²) in [5.41, 5.74) is 5.90. The number of rotatable bonds is 4. The van der Waals surface area contributed by atoms with Crippen molar-refractivity contribution in [1.29, 1.82) is 0 Å². The van der Waals surface area contributed by atoms with Crippen molar-refractivity contribution in [2.75, 3.05) is 6.54 Å². The molecule has 2 heterocycles. The van der Waals surface area contributed by atoms with Crippen molar-refractivity contribution in [3.8, 4) is 11.5 Å². The summed E-state index contributed by atoms with van der Waals surface area (Å²) in [5, 5.41) is 5.28. The van der Waals surface area contributed by atoms with Gasteiger partial charge in [-0.15, -0.1) is 11.3 Å². The van der Waals surface area contributed by atoms with Gasteiger partial charge in [0.15, 0.2) is 5.82 Å². The first-order valence-corrected chi connectivity index (χ1v) is 6.60. The molecule has 4 nitrogen and oxygen atoms in total. The highest BCUT2D eigenvalue weighted by atomic mass is 32.1. The SMILES string of the molecule is CCNCc1c(C)nc(-c2cscn2)nc1C. The van der Waals surface area contributed by atoms with Crippen LogP contribution in [0.2, 0.25) is 0 Å². The molecule has 17 heavy (non-hydrogen) atoms. The van der Waals surface area contributed by atoms with Crippen LogP contribution in [0.4, 0.5) is 0 Å². The summed E-state index contributed by atoms with van der Waals surface area (Å²) in [6.07, 6.45) is 0. The molecule has 1 N–H and O–H groups in total. The average Bonchev–Trinajstić information content (AvgIpc) is 2.81. The molecule has 0 amide bonds. The van der Waals surface area contributed by atoms with Crippen LogP contribution in [0.15, 0.2) is 10.9 Å². The summed E-state index contributed by atoms with van der Waals surface area (Å²) in [4.78, 5) is 13.3. The Balaban J connectivity index is 2.35. The molecule has 0 unspecified atom stereocenters. The van der Waals surface area contributed by atoms with E-state index in [4.69, 9.17) is 0 Å². The van der Waals surface area contributed by atoms with Gasteiger partial charge in [0, 0.05) is 28.9 Å². The first-order valence-electron chi connectivity index (χ1n) is 5.65. The number of aryl methyl sites for hydroxylation is 2. The molecule has 0 fully saturated rings. The van der Waals surface area contributed by atoms with Crippen LogP contribution in [0.3, 0.4) is 0 Å². The van der Waals surface area contributed by atoms with E-state index in [2.05, 4.69) is 27.2 Å². The van der Waals surface area contributed by atoms with E-state index in [0.29, 0.717) is 0 Å². The first-order chi connectivity index (χ1) is 8.22. The van der Waals surface area contributed by atoms with E-state index >= 15 is 0 Å². The molecule has 0 aliphatic heterocycles. The maximum Gasteiger partial charge on any atom is 0.179 e. The Bertz CT molecular complexity index is 470. The summed E-state index contributed by atoms with van der Waals surface area (Å²) in [5.74, 6) is 0.724. The molecule has 0 atom stereocenters. The van der Waals surface area contributed by atoms with Crippen LogP contribution in [0.5, 0.6) is 0 Å². The van der Waals surface area contributed by atoms with Gasteiger partial charge in [-0.1, -0.05) is 6.92 Å². The summed E-state index contributed by atoms with van der Waals surface area (Å²) in [6, 6.07) is 0. The van der Waals surface area contributed by atoms with Crippen LogP contribution >= 0.6 is 11.3 Å². The van der Waals surface area contributed by atoms with E-state index in [-0.39, 0.29) is 0 Å². The second-order valence-electron chi connectivity index (χ2n) is 3.85. The Labute approximate surface area is 105 Å². The van der Waals surface area contributed by atoms with Gasteiger partial charge in [0.1, 0.15) is 5.69 Å². The monoisotopic (exact) mass is 248 g/mol. The second-order valence-corrected chi connectivity index (χ2v) is 4.57. The molecule has 2 rings (SSSR count). The summed E-state index contributed by atoms with van der Waals surface area (Å²) < 4.78 is 0. The van der Waals surface area contributed by atoms with Crippen LogP contribution in [0.25, 0.3) is 11.5 Å². The highest BCUT2D eigenvalue weighted by Crippen LogP contribution is 2.18. The molecule has 0 bridgehead atoms. The van der Waals surface area contributed by atoms with Crippen LogP contribution in [-0.2, 0) is 6.54 Å². The molecule has 0 saturated heterocycles. The Morgan fingerprint density at radius 3 is 2.47 bits per heavy atom. The largest absolute Gasteiger partial charge is 0.313 e. The normalized spacial score (nSPS) is 10.8. The molecule has 0 aliphatic rings. The van der Waals surface area contributed by atoms with Gasteiger partial charge in [-0.2, -0.15) is 0 Å². The topological polar surface area (TPSA) is 50.7 Å². The van der Waals surface area contributed by atoms with Gasteiger partial charge in [0.25, 0.3) is 0 Å². The van der Waals surface area contributed by atoms with Crippen molar-refractivity contribution >= 4 is 11.3 Å². The predicted octanol–water partition coefficient (Wildman–Crippen LogP) is 2.33. The number of aromatic nitrogens is 3. The number of hydrogen-bond acceptors (Lipinski definition) is 5. The van der Waals surface area contributed by atoms with Gasteiger partial charge < -0.3 is 5.32 Å². The van der Waals surface area contributed by atoms with E-state index in [1.807, 2.05) is 19.2 Å². The molecular weight excluding hydrogens is 232 g/mol. The standard InChI is InChI=1S/C12H16N4S/c1-4-13-5-10-8(2)15-12(16-9(10)3)11-6-17-7-14-11/h6-7,13H,4-5H2,1-3H3. The lowest BCUT2D eigenvalue weighted by Gasteiger charge is -2.10. The molecule has 0 saturated carbocycles. The predicted molar refractivity (Wildman–Crippen MR) is 70.0 cm³/mol. The number of nitrogens with one attached hydrogen (secondary N) is 1. The maximum atomic E-state index is 4.52. The van der Waals surface area contributed by atoms with Crippen molar-refractivity contribution < 1.29 is 0 Å². The lowest BCUT2D eigenvalue weighted by Crippen LogP contribution is -2.15. The van der Waals surface area contributed by atoms with Gasteiger partial charge in [0.2, 0.25) is 0 Å². The van der Waals surface area contributed by atoms with Crippen LogP contribution in [0.1, 0.15) is 23.9 Å². The molecular formula is C12H16N4S. The lowest BCUT2D eigenvalue weighted by atomic mass is 10.1. The van der Waals surface area contributed by atoms with Gasteiger partial charge in [-0.25, -0.2) is 15.0 Å². The van der Waals surface area contributed by atoms with Crippen LogP contribution in [0, 0.1) is 13.8 Å². The zero-order valence-corrected chi connectivity index (χ0v) is 11.1. The average molecular weight is 248 g/mol. The Morgan fingerprint density at radius 2 is 1.94 bits per heavy atom. The van der Waals surface area contributed by atoms with Crippen molar-refractivity contribution in [3.05, 3.63) is 27.8 Å². The Morgan fingerprint density at radius 1 is 1.24 bits per heavy atom. The fourth-order valence-corrected chi connectivity index (χ4v) is 2.21. The quantitative estimate of drug-likeness (QED) is 0.902. The molecule has 2 aromatic heterocycles. The third kappa shape index (κ3) is 2.68. The minimum Gasteiger partial charge on any atom is -0.313 e. The minimum absolute atomic E-state index is 0.724. The summed E-state index contributed by atoms with van der Waals surface area (Å²) in [7, 11) is 0. The van der Waals surface area contributed by atoms with E-state index < -0.39 is 0 Å². The smallest absolute Gasteiger partial charge is 0.179 e. The number of hydrogen-bond donors (Lipinski definition) is 1. The molecule has 0 aromatic carbocycles. The van der Waals surface area contributed by atoms with Gasteiger partial charge in [-0.3, -0.25) is 0 Å². The van der Waals surface area contributed by atoms with Crippen molar-refractivity contribution in [1.82, 2.24) is 20.3 Å². The Hall–Kier alpha value is -1.33. The van der Waals surface area contributed by atoms with Crippen molar-refractivity contribution in [2.45, 2.75) is 27.3 Å². The highest BCUT2D eigenvalue weighted by Gasteiger charge is 2.10. The van der Waals surface area contributed by atoms with E-state index in [9.17, 15) is 0 Å². The summed E-state index contributed by atoms with van der Waals surface area (Å²) in [6.45, 7) is 7.92. The number of thiazole rings is 1. The maximum absolute atomic E-state index is 4.52. The lowest BCUT2D eigenvalue weighted by molar-refractivity contribution is 0.711. The minimum atomic E-state index is 0.724. The van der Waals surface area contributed by atoms with Crippen LogP contribution < -0.4 is 5.32 Å². The fraction of sp³-hybridized carbons (Fsp3) is 0.417. The van der Waals surface area contributed by atoms with Crippen molar-refractivity contribution in [3.63, 3.8) is 0 Å². The third-order valence-corrected chi connectivity index (χ3v) is 3.22. The summed E-state index contributed by atoms with van der Waals surface area (Å²) >= 11 is 1.56. The fourth-order valence-electron chi connectivity index (χ4n) is 1.68. The van der Waals surface area contributed by atoms with E-state index in [1.165, 1.54) is 5.56 Å². The van der Waals surface area contributed by atoms with Crippen molar-refractivity contribution in [2.24, 2.45) is 0 Å². The van der Waals surface area contributed by atoms with Crippen LogP contribution in [-0.4, -0.2) is 21.5 Å². The molecule has 2 aromatic rings. The first kappa shape index (κ1) is 12.1. The number of nitrogens with zero attached hydrogens (tertiary/aromatic N) is 3. The Kier molecular flexibility index (Phi) is 3.81. The van der Waals surface area contributed by atoms with E-state index in [0.717, 1.165) is 36.0 Å². The zero-order chi connectivity index (χ0) is 12.3. The molecule has 0 radical (unpaired) electrons. The van der Waals surface area contributed by atoms with Gasteiger partial charge >= 0.3 is 0 Å². The zero-order valence-electron chi connectivity index (χ0n) is 10.3. The molecule has 90 valence electrons. The molecule has 0 spiro atoms. The molecule has 5 heteroatoms. The van der Waals surface area contributed by atoms with Gasteiger partial charge in [-0.05, 0) is 20.4 Å².